The van der Waals surface area contributed by atoms with Crippen LogP contribution in [-0.4, -0.2) is 52.7 Å². The maximum absolute atomic E-state index is 13.1. The number of pyridine rings is 1. The van der Waals surface area contributed by atoms with E-state index in [0.29, 0.717) is 18.1 Å². The number of morpholine rings is 1. The molecule has 0 radical (unpaired) electrons. The first-order valence-corrected chi connectivity index (χ1v) is 8.16. The summed E-state index contributed by atoms with van der Waals surface area (Å²) in [6, 6.07) is 8.42. The van der Waals surface area contributed by atoms with Crippen LogP contribution >= 0.6 is 0 Å². The Hall–Kier alpha value is -2.47. The first-order valence-electron chi connectivity index (χ1n) is 8.16. The molecule has 6 nitrogen and oxygen atoms in total. The van der Waals surface area contributed by atoms with Gasteiger partial charge in [0.15, 0.2) is 6.04 Å². The molecule has 124 valence electrons. The van der Waals surface area contributed by atoms with Gasteiger partial charge in [-0.3, -0.25) is 9.78 Å². The Morgan fingerprint density at radius 2 is 2.04 bits per heavy atom. The number of rotatable bonds is 3. The maximum Gasteiger partial charge on any atom is 0.328 e. The molecule has 1 amide bonds. The predicted molar refractivity (Wildman–Crippen MR) is 87.0 cm³/mol. The zero-order chi connectivity index (χ0) is 16.7. The van der Waals surface area contributed by atoms with Gasteiger partial charge in [-0.15, -0.1) is 0 Å². The Balaban J connectivity index is 1.79. The van der Waals surface area contributed by atoms with E-state index in [1.54, 1.807) is 0 Å². The lowest BCUT2D eigenvalue weighted by molar-refractivity contribution is -0.147. The van der Waals surface area contributed by atoms with Gasteiger partial charge in [0.05, 0.1) is 24.3 Å². The van der Waals surface area contributed by atoms with Gasteiger partial charge in [-0.2, -0.15) is 0 Å². The molecule has 1 aromatic carbocycles. The van der Waals surface area contributed by atoms with Gasteiger partial charge in [0.1, 0.15) is 0 Å². The Morgan fingerprint density at radius 3 is 2.79 bits per heavy atom. The van der Waals surface area contributed by atoms with Crippen molar-refractivity contribution in [3.05, 3.63) is 41.6 Å². The highest BCUT2D eigenvalue weighted by molar-refractivity contribution is 6.07. The van der Waals surface area contributed by atoms with E-state index in [4.69, 9.17) is 4.74 Å². The summed E-state index contributed by atoms with van der Waals surface area (Å²) in [6.07, 6.45) is 2.18. The van der Waals surface area contributed by atoms with Crippen LogP contribution in [0.5, 0.6) is 0 Å². The molecule has 2 fully saturated rings. The molecule has 6 heteroatoms. The third kappa shape index (κ3) is 2.63. The van der Waals surface area contributed by atoms with Crippen LogP contribution in [0.4, 0.5) is 0 Å². The molecule has 2 aromatic rings. The number of benzene rings is 1. The Kier molecular flexibility index (Phi) is 3.69. The molecule has 4 rings (SSSR count). The number of aliphatic carboxylic acids is 1. The number of ether oxygens (including phenoxy) is 1. The highest BCUT2D eigenvalue weighted by atomic mass is 16.5. The predicted octanol–water partition coefficient (Wildman–Crippen LogP) is 2.04. The summed E-state index contributed by atoms with van der Waals surface area (Å²) >= 11 is 0. The first-order chi connectivity index (χ1) is 11.6. The number of aromatic nitrogens is 1. The minimum Gasteiger partial charge on any atom is -0.480 e. The fourth-order valence-corrected chi connectivity index (χ4v) is 3.17. The van der Waals surface area contributed by atoms with E-state index in [1.807, 2.05) is 30.3 Å². The van der Waals surface area contributed by atoms with E-state index in [0.717, 1.165) is 29.4 Å². The van der Waals surface area contributed by atoms with Crippen LogP contribution in [0.1, 0.15) is 34.8 Å². The van der Waals surface area contributed by atoms with E-state index in [2.05, 4.69) is 4.98 Å². The maximum atomic E-state index is 13.1. The molecule has 2 heterocycles. The van der Waals surface area contributed by atoms with Crippen molar-refractivity contribution < 1.29 is 19.4 Å². The zero-order valence-electron chi connectivity index (χ0n) is 13.1. The SMILES string of the molecule is O=C(O)C1COCCN1C(=O)c1cc(C2CC2)nc2ccccc12. The average molecular weight is 326 g/mol. The van der Waals surface area contributed by atoms with Gasteiger partial charge in [0.25, 0.3) is 5.91 Å². The van der Waals surface area contributed by atoms with E-state index in [1.165, 1.54) is 4.90 Å². The van der Waals surface area contributed by atoms with E-state index in [9.17, 15) is 14.7 Å². The van der Waals surface area contributed by atoms with Crippen molar-refractivity contribution in [1.29, 1.82) is 0 Å². The number of nitrogens with zero attached hydrogens (tertiary/aromatic N) is 2. The van der Waals surface area contributed by atoms with Crippen LogP contribution in [0.25, 0.3) is 10.9 Å². The summed E-state index contributed by atoms with van der Waals surface area (Å²) in [7, 11) is 0. The second kappa shape index (κ2) is 5.87. The average Bonchev–Trinajstić information content (AvgIpc) is 3.45. The van der Waals surface area contributed by atoms with Crippen molar-refractivity contribution in [3.63, 3.8) is 0 Å². The molecule has 2 aliphatic rings. The molecule has 1 aromatic heterocycles. The normalized spacial score (nSPS) is 21.0. The highest BCUT2D eigenvalue weighted by Crippen LogP contribution is 2.40. The molecular formula is C18H18N2O4. The van der Waals surface area contributed by atoms with E-state index >= 15 is 0 Å². The lowest BCUT2D eigenvalue weighted by atomic mass is 10.0. The van der Waals surface area contributed by atoms with E-state index < -0.39 is 12.0 Å². The van der Waals surface area contributed by atoms with Gasteiger partial charge in [-0.1, -0.05) is 18.2 Å². The minimum atomic E-state index is -1.04. The van der Waals surface area contributed by atoms with Crippen molar-refractivity contribution in [1.82, 2.24) is 9.88 Å². The largest absolute Gasteiger partial charge is 0.480 e. The third-order valence-electron chi connectivity index (χ3n) is 4.64. The van der Waals surface area contributed by atoms with E-state index in [-0.39, 0.29) is 19.1 Å². The van der Waals surface area contributed by atoms with Gasteiger partial charge in [-0.25, -0.2) is 4.79 Å². The smallest absolute Gasteiger partial charge is 0.328 e. The minimum absolute atomic E-state index is 0.0274. The Morgan fingerprint density at radius 1 is 1.25 bits per heavy atom. The van der Waals surface area contributed by atoms with Crippen LogP contribution < -0.4 is 0 Å². The molecule has 1 unspecified atom stereocenters. The number of carbonyl (C=O) groups is 2. The van der Waals surface area contributed by atoms with Crippen LogP contribution in [0, 0.1) is 0 Å². The molecule has 1 saturated heterocycles. The lowest BCUT2D eigenvalue weighted by Gasteiger charge is -2.33. The quantitative estimate of drug-likeness (QED) is 0.933. The molecule has 1 atom stereocenters. The van der Waals surface area contributed by atoms with Gasteiger partial charge >= 0.3 is 5.97 Å². The number of amides is 1. The summed E-state index contributed by atoms with van der Waals surface area (Å²) in [6.45, 7) is 0.665. The fraction of sp³-hybridized carbons (Fsp3) is 0.389. The van der Waals surface area contributed by atoms with Crippen LogP contribution in [0.2, 0.25) is 0 Å². The molecule has 1 saturated carbocycles. The summed E-state index contributed by atoms with van der Waals surface area (Å²) in [5.41, 5.74) is 2.25. The molecule has 1 aliphatic carbocycles. The molecule has 0 bridgehead atoms. The number of para-hydroxylation sites is 1. The summed E-state index contributed by atoms with van der Waals surface area (Å²) in [4.78, 5) is 30.6. The Labute approximate surface area is 139 Å². The van der Waals surface area contributed by atoms with Crippen LogP contribution in [0.15, 0.2) is 30.3 Å². The fourth-order valence-electron chi connectivity index (χ4n) is 3.17. The summed E-state index contributed by atoms with van der Waals surface area (Å²) < 4.78 is 5.23. The number of carbonyl (C=O) groups excluding carboxylic acids is 1. The monoisotopic (exact) mass is 326 g/mol. The van der Waals surface area contributed by atoms with Crippen LogP contribution in [0.3, 0.4) is 0 Å². The van der Waals surface area contributed by atoms with Gasteiger partial charge in [0.2, 0.25) is 0 Å². The topological polar surface area (TPSA) is 79.7 Å². The van der Waals surface area contributed by atoms with Crippen molar-refractivity contribution in [3.8, 4) is 0 Å². The second-order valence-electron chi connectivity index (χ2n) is 6.31. The molecule has 1 N–H and O–H groups in total. The highest BCUT2D eigenvalue weighted by Gasteiger charge is 2.35. The van der Waals surface area contributed by atoms with Gasteiger partial charge in [0, 0.05) is 23.5 Å². The summed E-state index contributed by atoms with van der Waals surface area (Å²) in [5, 5.41) is 10.2. The van der Waals surface area contributed by atoms with Crippen molar-refractivity contribution in [2.24, 2.45) is 0 Å². The number of hydrogen-bond donors (Lipinski definition) is 1. The van der Waals surface area contributed by atoms with Gasteiger partial charge in [-0.05, 0) is 25.0 Å². The number of hydrogen-bond acceptors (Lipinski definition) is 4. The lowest BCUT2D eigenvalue weighted by Crippen LogP contribution is -2.52. The van der Waals surface area contributed by atoms with Gasteiger partial charge < -0.3 is 14.7 Å². The van der Waals surface area contributed by atoms with Crippen molar-refractivity contribution in [2.75, 3.05) is 19.8 Å². The van der Waals surface area contributed by atoms with Crippen LogP contribution in [-0.2, 0) is 9.53 Å². The third-order valence-corrected chi connectivity index (χ3v) is 4.64. The Bertz CT molecular complexity index is 816. The first kappa shape index (κ1) is 15.1. The number of fused-ring (bicyclic) bond motifs is 1. The van der Waals surface area contributed by atoms with Crippen molar-refractivity contribution in [2.45, 2.75) is 24.8 Å². The number of carboxylic acids is 1. The molecule has 1 aliphatic heterocycles. The molecule has 24 heavy (non-hydrogen) atoms. The summed E-state index contributed by atoms with van der Waals surface area (Å²) in [5.74, 6) is -0.879. The standard InChI is InChI=1S/C18H18N2O4/c21-17(20-7-8-24-10-16(20)18(22)23)13-9-15(11-5-6-11)19-14-4-2-1-3-12(13)14/h1-4,9,11,16H,5-8,10H2,(H,22,23). The molecule has 0 spiro atoms. The second-order valence-corrected chi connectivity index (χ2v) is 6.31. The zero-order valence-corrected chi connectivity index (χ0v) is 13.1. The number of carboxylic acid groups (broad SMARTS) is 1. The molecular weight excluding hydrogens is 308 g/mol. The van der Waals surface area contributed by atoms with Crippen molar-refractivity contribution >= 4 is 22.8 Å².